The number of halogens is 7. The molecule has 192 valence electrons. The van der Waals surface area contributed by atoms with Crippen LogP contribution in [-0.4, -0.2) is 17.1 Å². The van der Waals surface area contributed by atoms with Gasteiger partial charge in [0.15, 0.2) is 0 Å². The third kappa shape index (κ3) is 6.29. The summed E-state index contributed by atoms with van der Waals surface area (Å²) in [5.74, 6) is 0. The smallest absolute Gasteiger partial charge is 0.336 e. The number of pyridine rings is 1. The molecule has 1 heterocycles. The van der Waals surface area contributed by atoms with Crippen molar-refractivity contribution >= 4 is 17.6 Å². The van der Waals surface area contributed by atoms with Crippen molar-refractivity contribution in [1.82, 2.24) is 15.6 Å². The molecule has 0 aliphatic heterocycles. The molecule has 3 rings (SSSR count). The van der Waals surface area contributed by atoms with Gasteiger partial charge in [-0.25, -0.2) is 4.79 Å². The van der Waals surface area contributed by atoms with E-state index in [1.54, 1.807) is 44.2 Å². The zero-order chi connectivity index (χ0) is 26.7. The predicted octanol–water partition coefficient (Wildman–Crippen LogP) is 6.97. The number of aromatic nitrogens is 1. The van der Waals surface area contributed by atoms with E-state index in [0.717, 1.165) is 6.20 Å². The van der Waals surface area contributed by atoms with E-state index in [0.29, 0.717) is 23.8 Å². The number of carbonyl (C=O) groups is 1. The maximum atomic E-state index is 14.2. The summed E-state index contributed by atoms with van der Waals surface area (Å²) >= 11 is 5.94. The number of urea groups is 1. The zero-order valence-electron chi connectivity index (χ0n) is 19.1. The quantitative estimate of drug-likeness (QED) is 0.339. The summed E-state index contributed by atoms with van der Waals surface area (Å²) in [7, 11) is 0. The van der Waals surface area contributed by atoms with Gasteiger partial charge < -0.3 is 10.6 Å². The van der Waals surface area contributed by atoms with Gasteiger partial charge in [-0.2, -0.15) is 26.3 Å². The van der Waals surface area contributed by atoms with Crippen molar-refractivity contribution in [2.75, 3.05) is 0 Å². The molecule has 0 radical (unpaired) electrons. The summed E-state index contributed by atoms with van der Waals surface area (Å²) in [5, 5.41) is 5.21. The van der Waals surface area contributed by atoms with Gasteiger partial charge in [0.1, 0.15) is 5.54 Å². The van der Waals surface area contributed by atoms with Crippen molar-refractivity contribution in [3.05, 3.63) is 99.8 Å². The molecule has 4 nitrogen and oxygen atoms in total. The van der Waals surface area contributed by atoms with Crippen molar-refractivity contribution in [2.24, 2.45) is 0 Å². The normalized spacial score (nSPS) is 13.8. The van der Waals surface area contributed by atoms with Crippen molar-refractivity contribution in [3.63, 3.8) is 0 Å². The summed E-state index contributed by atoms with van der Waals surface area (Å²) in [5.41, 5.74) is -5.28. The minimum atomic E-state index is -5.04. The van der Waals surface area contributed by atoms with Crippen LogP contribution in [-0.2, 0) is 24.3 Å². The molecule has 0 fully saturated rings. The molecule has 0 saturated heterocycles. The average Bonchev–Trinajstić information content (AvgIpc) is 2.77. The second-order valence-corrected chi connectivity index (χ2v) is 8.87. The van der Waals surface area contributed by atoms with Crippen LogP contribution in [0, 0.1) is 0 Å². The third-order valence-electron chi connectivity index (χ3n) is 5.34. The number of alkyl halides is 6. The van der Waals surface area contributed by atoms with Gasteiger partial charge >= 0.3 is 18.4 Å². The molecule has 2 N–H and O–H groups in total. The molecule has 11 heteroatoms. The van der Waals surface area contributed by atoms with Crippen LogP contribution in [0.2, 0.25) is 5.02 Å². The Morgan fingerprint density at radius 2 is 1.58 bits per heavy atom. The molecule has 0 aliphatic carbocycles. The number of nitrogens with zero attached hydrogens (tertiary/aromatic N) is 1. The molecule has 0 aliphatic rings. The fourth-order valence-electron chi connectivity index (χ4n) is 3.84. The van der Waals surface area contributed by atoms with Gasteiger partial charge in [-0.15, -0.1) is 0 Å². The Morgan fingerprint density at radius 3 is 2.11 bits per heavy atom. The maximum absolute atomic E-state index is 14.2. The molecular weight excluding hydrogens is 508 g/mol. The first-order valence-corrected chi connectivity index (χ1v) is 11.1. The molecule has 36 heavy (non-hydrogen) atoms. The minimum Gasteiger partial charge on any atom is -0.336 e. The van der Waals surface area contributed by atoms with Gasteiger partial charge in [0.2, 0.25) is 0 Å². The first-order valence-electron chi connectivity index (χ1n) is 10.8. The Bertz CT molecular complexity index is 1200. The monoisotopic (exact) mass is 529 g/mol. The Labute approximate surface area is 208 Å². The van der Waals surface area contributed by atoms with E-state index >= 15 is 0 Å². The van der Waals surface area contributed by atoms with Gasteiger partial charge in [-0.1, -0.05) is 41.9 Å². The molecular formula is C25H22ClF6N3O. The van der Waals surface area contributed by atoms with E-state index in [1.807, 2.05) is 0 Å². The first-order chi connectivity index (χ1) is 16.7. The summed E-state index contributed by atoms with van der Waals surface area (Å²) < 4.78 is 83.7. The molecule has 1 atom stereocenters. The van der Waals surface area contributed by atoms with Crippen LogP contribution in [0.3, 0.4) is 0 Å². The molecule has 0 bridgehead atoms. The van der Waals surface area contributed by atoms with E-state index in [-0.39, 0.29) is 17.1 Å². The minimum absolute atomic E-state index is 0.125. The van der Waals surface area contributed by atoms with E-state index in [9.17, 15) is 31.1 Å². The fourth-order valence-corrected chi connectivity index (χ4v) is 3.95. The van der Waals surface area contributed by atoms with Crippen LogP contribution < -0.4 is 10.6 Å². The summed E-state index contributed by atoms with van der Waals surface area (Å²) in [4.78, 5) is 17.1. The van der Waals surface area contributed by atoms with Crippen molar-refractivity contribution in [2.45, 2.75) is 44.2 Å². The van der Waals surface area contributed by atoms with E-state index in [4.69, 9.17) is 11.6 Å². The molecule has 2 amide bonds. The van der Waals surface area contributed by atoms with E-state index in [1.165, 1.54) is 12.1 Å². The Balaban J connectivity index is 2.42. The Hall–Kier alpha value is -3.27. The largest absolute Gasteiger partial charge is 0.416 e. The Morgan fingerprint density at radius 1 is 0.917 bits per heavy atom. The molecule has 2 aromatic carbocycles. The Kier molecular flexibility index (Phi) is 7.88. The standard InChI is InChI=1S/C25H22ClF6N3O/c1-15(2)34-22(36)35-23(13-16-6-4-3-5-7-16,21-11-9-18(26)14-33-21)20-12-17(24(27,28)29)8-10-19(20)25(30,31)32/h3-12,14-15H,13H2,1-2H3,(H2,34,35,36)/t23-/m1/s1. The highest BCUT2D eigenvalue weighted by atomic mass is 35.5. The molecule has 0 unspecified atom stereocenters. The first kappa shape index (κ1) is 27.3. The average molecular weight is 530 g/mol. The van der Waals surface area contributed by atoms with E-state index < -0.39 is 46.7 Å². The lowest BCUT2D eigenvalue weighted by atomic mass is 9.77. The van der Waals surface area contributed by atoms with Crippen molar-refractivity contribution < 1.29 is 31.1 Å². The number of hydrogen-bond acceptors (Lipinski definition) is 2. The van der Waals surface area contributed by atoms with Crippen LogP contribution in [0.1, 0.15) is 41.8 Å². The number of nitrogens with one attached hydrogen (secondary N) is 2. The lowest BCUT2D eigenvalue weighted by Gasteiger charge is -2.37. The number of benzene rings is 2. The second kappa shape index (κ2) is 10.4. The van der Waals surface area contributed by atoms with Crippen LogP contribution in [0.5, 0.6) is 0 Å². The molecule has 0 saturated carbocycles. The molecule has 1 aromatic heterocycles. The van der Waals surface area contributed by atoms with E-state index in [2.05, 4.69) is 15.6 Å². The highest BCUT2D eigenvalue weighted by molar-refractivity contribution is 6.30. The summed E-state index contributed by atoms with van der Waals surface area (Å²) in [6.45, 7) is 3.26. The second-order valence-electron chi connectivity index (χ2n) is 8.44. The van der Waals surface area contributed by atoms with Crippen LogP contribution in [0.15, 0.2) is 66.9 Å². The topological polar surface area (TPSA) is 54.0 Å². The lowest BCUT2D eigenvalue weighted by Crippen LogP contribution is -2.54. The van der Waals surface area contributed by atoms with Crippen LogP contribution in [0.25, 0.3) is 0 Å². The zero-order valence-corrected chi connectivity index (χ0v) is 19.9. The number of rotatable bonds is 6. The van der Waals surface area contributed by atoms with Gasteiger partial charge in [0.25, 0.3) is 0 Å². The highest BCUT2D eigenvalue weighted by Crippen LogP contribution is 2.44. The highest BCUT2D eigenvalue weighted by Gasteiger charge is 2.46. The summed E-state index contributed by atoms with van der Waals surface area (Å²) in [6.07, 6.45) is -9.16. The van der Waals surface area contributed by atoms with Gasteiger partial charge in [0.05, 0.1) is 21.8 Å². The number of amides is 2. The number of carbonyl (C=O) groups excluding carboxylic acids is 1. The molecule has 3 aromatic rings. The third-order valence-corrected chi connectivity index (χ3v) is 5.56. The SMILES string of the molecule is CC(C)NC(=O)N[C@@](Cc1ccccc1)(c1ccc(Cl)cn1)c1cc(C(F)(F)F)ccc1C(F)(F)F. The van der Waals surface area contributed by atoms with Crippen molar-refractivity contribution in [3.8, 4) is 0 Å². The lowest BCUT2D eigenvalue weighted by molar-refractivity contribution is -0.142. The van der Waals surface area contributed by atoms with Gasteiger partial charge in [-0.05, 0) is 55.3 Å². The van der Waals surface area contributed by atoms with Gasteiger partial charge in [0, 0.05) is 18.7 Å². The molecule has 0 spiro atoms. The number of hydrogen-bond donors (Lipinski definition) is 2. The maximum Gasteiger partial charge on any atom is 0.416 e. The fraction of sp³-hybridized carbons (Fsp3) is 0.280. The van der Waals surface area contributed by atoms with Crippen LogP contribution in [0.4, 0.5) is 31.1 Å². The van der Waals surface area contributed by atoms with Crippen molar-refractivity contribution in [1.29, 1.82) is 0 Å². The predicted molar refractivity (Wildman–Crippen MR) is 123 cm³/mol. The summed E-state index contributed by atoms with van der Waals surface area (Å²) in [6, 6.07) is 10.6. The van der Waals surface area contributed by atoms with Crippen LogP contribution >= 0.6 is 11.6 Å². The van der Waals surface area contributed by atoms with Gasteiger partial charge in [-0.3, -0.25) is 4.98 Å².